The number of pyridine rings is 1. The Morgan fingerprint density at radius 3 is 2.34 bits per heavy atom. The maximum atomic E-state index is 12.6. The number of nitrogens with zero attached hydrogens (tertiary/aromatic N) is 4. The summed E-state index contributed by atoms with van der Waals surface area (Å²) in [5, 5.41) is 0. The van der Waals surface area contributed by atoms with Crippen molar-refractivity contribution < 1.29 is 9.53 Å². The van der Waals surface area contributed by atoms with Crippen LogP contribution in [0.3, 0.4) is 0 Å². The molecule has 1 aliphatic rings. The Balaban J connectivity index is 1.38. The van der Waals surface area contributed by atoms with E-state index in [9.17, 15) is 4.79 Å². The fourth-order valence-electron chi connectivity index (χ4n) is 4.66. The molecule has 1 saturated heterocycles. The Hall–Kier alpha value is -3.38. The Bertz CT molecular complexity index is 1100. The van der Waals surface area contributed by atoms with E-state index < -0.39 is 0 Å². The minimum Gasteiger partial charge on any atom is -0.492 e. The molecule has 1 amide bonds. The molecule has 3 aromatic rings. The highest BCUT2D eigenvalue weighted by Crippen LogP contribution is 2.28. The standard InChI is InChI=1S/C29H36N4O2/c1-4-32(5-2)29(34)23-11-13-26(14-12-23)33-17-15-31(16-18-33)22-24-9-7-8-10-28(24)25-19-27(35-6-3)21-30-20-25/h7-14,19-21H,4-6,15-18,22H2,1-3H3. The van der Waals surface area contributed by atoms with Gasteiger partial charge in [-0.2, -0.15) is 0 Å². The van der Waals surface area contributed by atoms with Gasteiger partial charge in [-0.3, -0.25) is 14.7 Å². The maximum absolute atomic E-state index is 12.6. The highest BCUT2D eigenvalue weighted by Gasteiger charge is 2.19. The molecule has 35 heavy (non-hydrogen) atoms. The third-order valence-electron chi connectivity index (χ3n) is 6.65. The molecule has 1 aliphatic heterocycles. The number of hydrogen-bond donors (Lipinski definition) is 0. The lowest BCUT2D eigenvalue weighted by Crippen LogP contribution is -2.46. The Kier molecular flexibility index (Phi) is 8.37. The van der Waals surface area contributed by atoms with Crippen molar-refractivity contribution in [1.82, 2.24) is 14.8 Å². The van der Waals surface area contributed by atoms with E-state index in [2.05, 4.69) is 57.2 Å². The maximum Gasteiger partial charge on any atom is 0.253 e. The second-order valence-corrected chi connectivity index (χ2v) is 8.79. The van der Waals surface area contributed by atoms with E-state index >= 15 is 0 Å². The zero-order chi connectivity index (χ0) is 24.6. The number of rotatable bonds is 9. The average Bonchev–Trinajstić information content (AvgIpc) is 2.90. The lowest BCUT2D eigenvalue weighted by molar-refractivity contribution is 0.0773. The molecule has 0 atom stereocenters. The summed E-state index contributed by atoms with van der Waals surface area (Å²) in [5.74, 6) is 0.908. The molecule has 1 fully saturated rings. The van der Waals surface area contributed by atoms with Crippen LogP contribution >= 0.6 is 0 Å². The van der Waals surface area contributed by atoms with Crippen LogP contribution in [0, 0.1) is 0 Å². The van der Waals surface area contributed by atoms with Gasteiger partial charge in [0, 0.05) is 68.8 Å². The SMILES string of the molecule is CCOc1cncc(-c2ccccc2CN2CCN(c3ccc(C(=O)N(CC)CC)cc3)CC2)c1. The van der Waals surface area contributed by atoms with Gasteiger partial charge in [-0.15, -0.1) is 0 Å². The molecular weight excluding hydrogens is 436 g/mol. The van der Waals surface area contributed by atoms with Gasteiger partial charge in [0.2, 0.25) is 0 Å². The average molecular weight is 473 g/mol. The summed E-state index contributed by atoms with van der Waals surface area (Å²) < 4.78 is 5.66. The molecule has 2 aromatic carbocycles. The van der Waals surface area contributed by atoms with Crippen LogP contribution in [0.5, 0.6) is 5.75 Å². The fraction of sp³-hybridized carbons (Fsp3) is 0.379. The summed E-state index contributed by atoms with van der Waals surface area (Å²) >= 11 is 0. The van der Waals surface area contributed by atoms with Crippen LogP contribution in [0.1, 0.15) is 36.7 Å². The first-order valence-electron chi connectivity index (χ1n) is 12.7. The van der Waals surface area contributed by atoms with Crippen molar-refractivity contribution >= 4 is 11.6 Å². The van der Waals surface area contributed by atoms with Crippen LogP contribution in [-0.4, -0.2) is 66.6 Å². The monoisotopic (exact) mass is 472 g/mol. The number of piperazine rings is 1. The third kappa shape index (κ3) is 6.01. The number of carbonyl (C=O) groups excluding carboxylic acids is 1. The molecule has 6 heteroatoms. The first kappa shape index (κ1) is 24.7. The fourth-order valence-corrected chi connectivity index (χ4v) is 4.66. The van der Waals surface area contributed by atoms with Crippen LogP contribution in [0.15, 0.2) is 67.0 Å². The van der Waals surface area contributed by atoms with E-state index in [0.717, 1.165) is 62.7 Å². The second kappa shape index (κ2) is 11.8. The molecule has 0 spiro atoms. The molecular formula is C29H36N4O2. The molecule has 0 N–H and O–H groups in total. The van der Waals surface area contributed by atoms with Gasteiger partial charge in [-0.25, -0.2) is 0 Å². The van der Waals surface area contributed by atoms with Gasteiger partial charge >= 0.3 is 0 Å². The molecule has 184 valence electrons. The molecule has 6 nitrogen and oxygen atoms in total. The van der Waals surface area contributed by atoms with Gasteiger partial charge in [0.25, 0.3) is 5.91 Å². The van der Waals surface area contributed by atoms with E-state index in [4.69, 9.17) is 4.74 Å². The quantitative estimate of drug-likeness (QED) is 0.441. The van der Waals surface area contributed by atoms with Crippen molar-refractivity contribution in [2.45, 2.75) is 27.3 Å². The molecule has 2 heterocycles. The van der Waals surface area contributed by atoms with Crippen LogP contribution in [0.2, 0.25) is 0 Å². The summed E-state index contributed by atoms with van der Waals surface area (Å²) in [6.07, 6.45) is 3.68. The topological polar surface area (TPSA) is 48.9 Å². The molecule has 0 unspecified atom stereocenters. The number of carbonyl (C=O) groups is 1. The lowest BCUT2D eigenvalue weighted by atomic mass is 10.0. The van der Waals surface area contributed by atoms with E-state index in [1.165, 1.54) is 16.8 Å². The predicted molar refractivity (Wildman–Crippen MR) is 142 cm³/mol. The van der Waals surface area contributed by atoms with Crippen LogP contribution in [0.25, 0.3) is 11.1 Å². The minimum atomic E-state index is 0.104. The van der Waals surface area contributed by atoms with Gasteiger partial charge < -0.3 is 14.5 Å². The summed E-state index contributed by atoms with van der Waals surface area (Å²) in [6, 6.07) is 18.7. The molecule has 0 saturated carbocycles. The van der Waals surface area contributed by atoms with Gasteiger partial charge in [0.05, 0.1) is 12.8 Å². The first-order chi connectivity index (χ1) is 17.1. The smallest absolute Gasteiger partial charge is 0.253 e. The van der Waals surface area contributed by atoms with Crippen molar-refractivity contribution in [3.05, 3.63) is 78.1 Å². The van der Waals surface area contributed by atoms with E-state index in [1.54, 1.807) is 6.20 Å². The largest absolute Gasteiger partial charge is 0.492 e. The highest BCUT2D eigenvalue weighted by atomic mass is 16.5. The van der Waals surface area contributed by atoms with Crippen molar-refractivity contribution in [3.63, 3.8) is 0 Å². The van der Waals surface area contributed by atoms with Crippen LogP contribution in [0.4, 0.5) is 5.69 Å². The van der Waals surface area contributed by atoms with E-state index in [0.29, 0.717) is 6.61 Å². The molecule has 0 bridgehead atoms. The third-order valence-corrected chi connectivity index (χ3v) is 6.65. The highest BCUT2D eigenvalue weighted by molar-refractivity contribution is 5.94. The number of benzene rings is 2. The zero-order valence-corrected chi connectivity index (χ0v) is 21.1. The number of aromatic nitrogens is 1. The zero-order valence-electron chi connectivity index (χ0n) is 21.1. The lowest BCUT2D eigenvalue weighted by Gasteiger charge is -2.36. The van der Waals surface area contributed by atoms with E-state index in [1.807, 2.05) is 44.0 Å². The molecule has 4 rings (SSSR count). The van der Waals surface area contributed by atoms with Crippen LogP contribution in [-0.2, 0) is 6.54 Å². The second-order valence-electron chi connectivity index (χ2n) is 8.79. The van der Waals surface area contributed by atoms with Crippen molar-refractivity contribution in [2.75, 3.05) is 50.8 Å². The Morgan fingerprint density at radius 2 is 1.66 bits per heavy atom. The van der Waals surface area contributed by atoms with Crippen molar-refractivity contribution in [3.8, 4) is 16.9 Å². The number of hydrogen-bond acceptors (Lipinski definition) is 5. The van der Waals surface area contributed by atoms with E-state index in [-0.39, 0.29) is 5.91 Å². The van der Waals surface area contributed by atoms with Crippen LogP contribution < -0.4 is 9.64 Å². The molecule has 1 aromatic heterocycles. The molecule has 0 aliphatic carbocycles. The molecule has 0 radical (unpaired) electrons. The summed E-state index contributed by atoms with van der Waals surface area (Å²) in [7, 11) is 0. The predicted octanol–water partition coefficient (Wildman–Crippen LogP) is 4.95. The number of anilines is 1. The number of amides is 1. The minimum absolute atomic E-state index is 0.104. The Labute approximate surface area is 209 Å². The summed E-state index contributed by atoms with van der Waals surface area (Å²) in [4.78, 5) is 23.7. The van der Waals surface area contributed by atoms with Gasteiger partial charge in [0.1, 0.15) is 5.75 Å². The van der Waals surface area contributed by atoms with Gasteiger partial charge in [-0.1, -0.05) is 24.3 Å². The Morgan fingerprint density at radius 1 is 0.943 bits per heavy atom. The number of ether oxygens (including phenoxy) is 1. The first-order valence-corrected chi connectivity index (χ1v) is 12.7. The summed E-state index contributed by atoms with van der Waals surface area (Å²) in [6.45, 7) is 12.9. The normalized spacial score (nSPS) is 14.1. The van der Waals surface area contributed by atoms with Crippen molar-refractivity contribution in [2.24, 2.45) is 0 Å². The summed E-state index contributed by atoms with van der Waals surface area (Å²) in [5.41, 5.74) is 5.54. The van der Waals surface area contributed by atoms with Gasteiger partial charge in [0.15, 0.2) is 0 Å². The van der Waals surface area contributed by atoms with Gasteiger partial charge in [-0.05, 0) is 62.2 Å². The van der Waals surface area contributed by atoms with Crippen molar-refractivity contribution in [1.29, 1.82) is 0 Å².